The predicted octanol–water partition coefficient (Wildman–Crippen LogP) is 11.7. The number of amides is 4. The number of carbonyl (C=O) groups is 4. The Hall–Kier alpha value is -2.64. The van der Waals surface area contributed by atoms with E-state index in [0.717, 1.165) is 76.5 Å². The molecule has 4 unspecified atom stereocenters. The first-order valence-corrected chi connectivity index (χ1v) is 23.8. The van der Waals surface area contributed by atoms with Crippen molar-refractivity contribution in [2.75, 3.05) is 39.3 Å². The third-order valence-electron chi connectivity index (χ3n) is 12.8. The van der Waals surface area contributed by atoms with Gasteiger partial charge < -0.3 is 20.4 Å². The van der Waals surface area contributed by atoms with Crippen LogP contribution in [0.15, 0.2) is 24.3 Å². The summed E-state index contributed by atoms with van der Waals surface area (Å²) in [6.07, 6.45) is 41.8. The van der Waals surface area contributed by atoms with Crippen LogP contribution in [0.25, 0.3) is 0 Å². The number of urea groups is 2. The number of allylic oxidation sites excluding steroid dienone is 4. The molecule has 2 N–H and O–H groups in total. The number of unbranched alkanes of at least 4 members (excludes halogenated alkanes) is 14. The summed E-state index contributed by atoms with van der Waals surface area (Å²) in [7, 11) is 0. The smallest absolute Gasteiger partial charge is 0.317 e. The van der Waals surface area contributed by atoms with Crippen LogP contribution >= 0.6 is 0 Å². The molecule has 0 aromatic rings. The van der Waals surface area contributed by atoms with Crippen LogP contribution in [0.3, 0.4) is 0 Å². The van der Waals surface area contributed by atoms with Crippen molar-refractivity contribution in [1.82, 2.24) is 20.4 Å². The summed E-state index contributed by atoms with van der Waals surface area (Å²) in [5, 5.41) is 5.66. The molecule has 0 saturated carbocycles. The van der Waals surface area contributed by atoms with Gasteiger partial charge in [-0.05, 0) is 87.9 Å². The minimum atomic E-state index is 0.0101. The summed E-state index contributed by atoms with van der Waals surface area (Å²) in [6.45, 7) is 8.94. The molecule has 8 heteroatoms. The molecule has 0 radical (unpaired) electrons. The van der Waals surface area contributed by atoms with Gasteiger partial charge >= 0.3 is 12.1 Å². The van der Waals surface area contributed by atoms with E-state index in [0.29, 0.717) is 62.2 Å². The zero-order valence-corrected chi connectivity index (χ0v) is 36.2. The summed E-state index contributed by atoms with van der Waals surface area (Å²) in [6, 6.07) is 0.0209. The number of ketones is 2. The second-order valence-electron chi connectivity index (χ2n) is 17.4. The van der Waals surface area contributed by atoms with Crippen molar-refractivity contribution in [3.8, 4) is 0 Å². The van der Waals surface area contributed by atoms with Gasteiger partial charge in [0.15, 0.2) is 0 Å². The van der Waals surface area contributed by atoms with Gasteiger partial charge in [-0.2, -0.15) is 0 Å². The summed E-state index contributed by atoms with van der Waals surface area (Å²) in [4.78, 5) is 52.0. The van der Waals surface area contributed by atoms with E-state index in [1.54, 1.807) is 0 Å². The minimum Gasteiger partial charge on any atom is -0.336 e. The third kappa shape index (κ3) is 20.2. The Labute approximate surface area is 343 Å². The average molecular weight is 781 g/mol. The van der Waals surface area contributed by atoms with E-state index in [2.05, 4.69) is 48.8 Å². The quantitative estimate of drug-likeness (QED) is 0.0494. The van der Waals surface area contributed by atoms with Gasteiger partial charge in [-0.25, -0.2) is 9.59 Å². The molecule has 4 amide bonds. The van der Waals surface area contributed by atoms with Gasteiger partial charge in [0.05, 0.1) is 0 Å². The zero-order valence-electron chi connectivity index (χ0n) is 36.2. The highest BCUT2D eigenvalue weighted by Crippen LogP contribution is 2.44. The lowest BCUT2D eigenvalue weighted by Gasteiger charge is -2.40. The van der Waals surface area contributed by atoms with E-state index in [4.69, 9.17) is 0 Å². The van der Waals surface area contributed by atoms with Crippen LogP contribution in [0, 0.1) is 23.7 Å². The van der Waals surface area contributed by atoms with Gasteiger partial charge in [-0.3, -0.25) is 9.59 Å². The van der Waals surface area contributed by atoms with Gasteiger partial charge in [-0.15, -0.1) is 0 Å². The van der Waals surface area contributed by atoms with Crippen molar-refractivity contribution in [2.24, 2.45) is 23.7 Å². The topological polar surface area (TPSA) is 98.8 Å². The highest BCUT2D eigenvalue weighted by atomic mass is 16.2. The first kappa shape index (κ1) is 47.7. The molecular formula is C48H84N4O4. The lowest BCUT2D eigenvalue weighted by atomic mass is 9.65. The van der Waals surface area contributed by atoms with E-state index in [1.165, 1.54) is 116 Å². The number of nitrogens with one attached hydrogen (secondary N) is 2. The SMILES string of the molecule is CCCCCC=CCC1C(CCCCCC)C=CC(CCCCCCCC(=O)CCCN2CCNC2=O)C1CCCCCCCC(=O)CCCN1CCNC1=O. The van der Waals surface area contributed by atoms with Gasteiger partial charge in [-0.1, -0.05) is 128 Å². The number of Topliss-reactive ketones (excluding diaryl/α,β-unsaturated/α-hetero) is 2. The van der Waals surface area contributed by atoms with E-state index < -0.39 is 0 Å². The van der Waals surface area contributed by atoms with Crippen LogP contribution in [-0.2, 0) is 9.59 Å². The number of carbonyl (C=O) groups excluding carboxylic acids is 4. The van der Waals surface area contributed by atoms with E-state index in [9.17, 15) is 19.2 Å². The maximum absolute atomic E-state index is 12.5. The van der Waals surface area contributed by atoms with Crippen LogP contribution in [0.1, 0.15) is 194 Å². The lowest BCUT2D eigenvalue weighted by Crippen LogP contribution is -2.31. The predicted molar refractivity (Wildman–Crippen MR) is 233 cm³/mol. The molecule has 56 heavy (non-hydrogen) atoms. The first-order chi connectivity index (χ1) is 27.4. The number of hydrogen-bond acceptors (Lipinski definition) is 4. The Morgan fingerprint density at radius 1 is 0.554 bits per heavy atom. The Morgan fingerprint density at radius 3 is 1.52 bits per heavy atom. The fraction of sp³-hybridized carbons (Fsp3) is 0.833. The molecule has 4 atom stereocenters. The minimum absolute atomic E-state index is 0.0101. The van der Waals surface area contributed by atoms with Gasteiger partial charge in [0.25, 0.3) is 0 Å². The molecule has 1 aliphatic carbocycles. The van der Waals surface area contributed by atoms with Crippen LogP contribution in [0.2, 0.25) is 0 Å². The first-order valence-electron chi connectivity index (χ1n) is 23.8. The molecule has 2 saturated heterocycles. The molecular weight excluding hydrogens is 697 g/mol. The molecule has 2 aliphatic heterocycles. The second-order valence-corrected chi connectivity index (χ2v) is 17.4. The van der Waals surface area contributed by atoms with Crippen LogP contribution in [0.5, 0.6) is 0 Å². The molecule has 0 bridgehead atoms. The van der Waals surface area contributed by atoms with E-state index >= 15 is 0 Å². The molecule has 320 valence electrons. The van der Waals surface area contributed by atoms with Crippen molar-refractivity contribution in [3.63, 3.8) is 0 Å². The number of nitrogens with zero attached hydrogens (tertiary/aromatic N) is 2. The van der Waals surface area contributed by atoms with Crippen molar-refractivity contribution in [3.05, 3.63) is 24.3 Å². The van der Waals surface area contributed by atoms with Crippen molar-refractivity contribution in [1.29, 1.82) is 0 Å². The summed E-state index contributed by atoms with van der Waals surface area (Å²) >= 11 is 0. The molecule has 0 spiro atoms. The Kier molecular flexibility index (Phi) is 25.9. The molecule has 3 rings (SSSR count). The largest absolute Gasteiger partial charge is 0.336 e. The molecule has 2 heterocycles. The Morgan fingerprint density at radius 2 is 1.00 bits per heavy atom. The molecule has 8 nitrogen and oxygen atoms in total. The normalized spacial score (nSPS) is 21.0. The molecule has 3 aliphatic rings. The highest BCUT2D eigenvalue weighted by molar-refractivity contribution is 5.79. The van der Waals surface area contributed by atoms with E-state index in [-0.39, 0.29) is 12.1 Å². The zero-order chi connectivity index (χ0) is 40.1. The molecule has 2 fully saturated rings. The van der Waals surface area contributed by atoms with Crippen molar-refractivity contribution < 1.29 is 19.2 Å². The average Bonchev–Trinajstić information content (AvgIpc) is 3.81. The fourth-order valence-corrected chi connectivity index (χ4v) is 9.39. The van der Waals surface area contributed by atoms with Crippen molar-refractivity contribution >= 4 is 23.6 Å². The second kappa shape index (κ2) is 30.4. The van der Waals surface area contributed by atoms with Crippen molar-refractivity contribution in [2.45, 2.75) is 194 Å². The Balaban J connectivity index is 1.42. The summed E-state index contributed by atoms with van der Waals surface area (Å²) in [5.41, 5.74) is 0. The Bertz CT molecular complexity index is 1150. The van der Waals surface area contributed by atoms with Gasteiger partial charge in [0.1, 0.15) is 11.6 Å². The lowest BCUT2D eigenvalue weighted by molar-refractivity contribution is -0.120. The summed E-state index contributed by atoms with van der Waals surface area (Å²) < 4.78 is 0. The van der Waals surface area contributed by atoms with E-state index in [1.807, 2.05) is 9.80 Å². The standard InChI is InChI=1S/C48H84N4O4/c1-3-5-7-9-15-21-31-45-41(25-17-8-6-4-2)33-34-42(26-18-12-10-13-19-27-43(53)29-23-37-51-39-35-49-47(51)55)46(45)32-22-16-11-14-20-28-44(54)30-24-38-52-40-36-50-48(52)56/h15,21,33-34,41-42,45-46H,3-14,16-20,22-32,35-40H2,1-2H3,(H,49,55)(H,50,56). The van der Waals surface area contributed by atoms with Crippen LogP contribution in [0.4, 0.5) is 9.59 Å². The number of rotatable bonds is 35. The van der Waals surface area contributed by atoms with Crippen LogP contribution in [-0.4, -0.2) is 72.7 Å². The maximum atomic E-state index is 12.5. The molecule has 0 aromatic carbocycles. The van der Waals surface area contributed by atoms with Crippen LogP contribution < -0.4 is 10.6 Å². The monoisotopic (exact) mass is 781 g/mol. The summed E-state index contributed by atoms with van der Waals surface area (Å²) in [5.74, 6) is 3.56. The molecule has 0 aromatic heterocycles. The van der Waals surface area contributed by atoms with Gasteiger partial charge in [0, 0.05) is 65.0 Å². The number of hydrogen-bond donors (Lipinski definition) is 2. The highest BCUT2D eigenvalue weighted by Gasteiger charge is 2.34. The third-order valence-corrected chi connectivity index (χ3v) is 12.8. The fourth-order valence-electron chi connectivity index (χ4n) is 9.39. The van der Waals surface area contributed by atoms with Gasteiger partial charge in [0.2, 0.25) is 0 Å². The maximum Gasteiger partial charge on any atom is 0.317 e.